The fraction of sp³-hybridized carbons (Fsp3) is 0.632. The molecule has 1 fully saturated rings. The number of aryl methyl sites for hydroxylation is 1. The number of hydrogen-bond donors (Lipinski definition) is 2. The van der Waals surface area contributed by atoms with Crippen molar-refractivity contribution in [1.82, 2.24) is 15.5 Å². The third-order valence-corrected chi connectivity index (χ3v) is 4.77. The maximum atomic E-state index is 13.2. The van der Waals surface area contributed by atoms with Gasteiger partial charge in [-0.1, -0.05) is 6.07 Å². The van der Waals surface area contributed by atoms with Gasteiger partial charge >= 0.3 is 0 Å². The van der Waals surface area contributed by atoms with E-state index in [1.54, 1.807) is 13.1 Å². The Kier molecular flexibility index (Phi) is 7.65. The molecule has 25 heavy (non-hydrogen) atoms. The van der Waals surface area contributed by atoms with Crippen molar-refractivity contribution < 1.29 is 9.13 Å². The zero-order valence-corrected chi connectivity index (χ0v) is 15.8. The van der Waals surface area contributed by atoms with E-state index in [9.17, 15) is 4.39 Å². The molecule has 0 spiro atoms. The topological polar surface area (TPSA) is 48.9 Å². The summed E-state index contributed by atoms with van der Waals surface area (Å²) in [6.07, 6.45) is 0.836. The monoisotopic (exact) mass is 350 g/mol. The fourth-order valence-electron chi connectivity index (χ4n) is 3.23. The molecular formula is C19H31FN4O. The maximum absolute atomic E-state index is 13.2. The first-order chi connectivity index (χ1) is 12.0. The number of ether oxygens (including phenoxy) is 1. The third-order valence-electron chi connectivity index (χ3n) is 4.77. The Hall–Kier alpha value is -1.66. The molecule has 1 aliphatic heterocycles. The fourth-order valence-corrected chi connectivity index (χ4v) is 3.23. The molecule has 1 aromatic rings. The Morgan fingerprint density at radius 1 is 1.44 bits per heavy atom. The lowest BCUT2D eigenvalue weighted by Crippen LogP contribution is -2.53. The molecular weight excluding hydrogens is 319 g/mol. The Labute approximate surface area is 150 Å². The molecule has 2 rings (SSSR count). The average Bonchev–Trinajstić information content (AvgIpc) is 2.59. The van der Waals surface area contributed by atoms with E-state index in [1.807, 2.05) is 13.0 Å². The minimum Gasteiger partial charge on any atom is -0.379 e. The predicted molar refractivity (Wildman–Crippen MR) is 101 cm³/mol. The van der Waals surface area contributed by atoms with Crippen molar-refractivity contribution in [3.63, 3.8) is 0 Å². The smallest absolute Gasteiger partial charge is 0.191 e. The van der Waals surface area contributed by atoms with Gasteiger partial charge in [0.05, 0.1) is 13.2 Å². The average molecular weight is 350 g/mol. The van der Waals surface area contributed by atoms with E-state index < -0.39 is 0 Å². The van der Waals surface area contributed by atoms with Crippen molar-refractivity contribution in [2.24, 2.45) is 4.99 Å². The second kappa shape index (κ2) is 9.73. The van der Waals surface area contributed by atoms with Crippen LogP contribution >= 0.6 is 0 Å². The Balaban J connectivity index is 1.75. The van der Waals surface area contributed by atoms with Gasteiger partial charge in [0.2, 0.25) is 0 Å². The summed E-state index contributed by atoms with van der Waals surface area (Å²) in [6.45, 7) is 10.5. The summed E-state index contributed by atoms with van der Waals surface area (Å²) in [5, 5.41) is 6.72. The van der Waals surface area contributed by atoms with Crippen LogP contribution in [0.4, 0.5) is 4.39 Å². The summed E-state index contributed by atoms with van der Waals surface area (Å²) in [5.74, 6) is 0.616. The summed E-state index contributed by atoms with van der Waals surface area (Å²) in [4.78, 5) is 6.75. The lowest BCUT2D eigenvalue weighted by molar-refractivity contribution is -0.0174. The highest BCUT2D eigenvalue weighted by Gasteiger charge is 2.23. The number of nitrogens with one attached hydrogen (secondary N) is 2. The molecule has 2 unspecified atom stereocenters. The van der Waals surface area contributed by atoms with Crippen molar-refractivity contribution in [3.8, 4) is 0 Å². The van der Waals surface area contributed by atoms with Gasteiger partial charge in [0.15, 0.2) is 5.96 Å². The molecule has 0 aromatic heterocycles. The zero-order chi connectivity index (χ0) is 18.2. The second-order valence-electron chi connectivity index (χ2n) is 6.71. The van der Waals surface area contributed by atoms with Crippen LogP contribution in [0.2, 0.25) is 0 Å². The highest BCUT2D eigenvalue weighted by atomic mass is 19.1. The minimum atomic E-state index is -0.182. The third kappa shape index (κ3) is 5.97. The van der Waals surface area contributed by atoms with Gasteiger partial charge in [0.1, 0.15) is 5.82 Å². The summed E-state index contributed by atoms with van der Waals surface area (Å²) < 4.78 is 18.7. The van der Waals surface area contributed by atoms with Crippen LogP contribution < -0.4 is 10.6 Å². The van der Waals surface area contributed by atoms with Crippen molar-refractivity contribution in [2.75, 3.05) is 39.9 Å². The molecule has 1 heterocycles. The van der Waals surface area contributed by atoms with Gasteiger partial charge in [-0.25, -0.2) is 4.39 Å². The van der Waals surface area contributed by atoms with Crippen LogP contribution in [0.3, 0.4) is 0 Å². The van der Waals surface area contributed by atoms with Gasteiger partial charge in [0.25, 0.3) is 0 Å². The standard InChI is InChI=1S/C19H31FN4O/c1-14-11-18(20)6-5-17(14)7-8-22-19(21-4)23-12-15(2)24-9-10-25-13-16(24)3/h5-6,11,15-16H,7-10,12-13H2,1-4H3,(H2,21,22,23). The predicted octanol–water partition coefficient (Wildman–Crippen LogP) is 1.95. The van der Waals surface area contributed by atoms with E-state index in [2.05, 4.69) is 34.4 Å². The van der Waals surface area contributed by atoms with E-state index in [0.717, 1.165) is 56.4 Å². The van der Waals surface area contributed by atoms with E-state index in [0.29, 0.717) is 12.1 Å². The van der Waals surface area contributed by atoms with Crippen LogP contribution in [0.5, 0.6) is 0 Å². The highest BCUT2D eigenvalue weighted by molar-refractivity contribution is 5.79. The molecule has 2 N–H and O–H groups in total. The largest absolute Gasteiger partial charge is 0.379 e. The molecule has 140 valence electrons. The second-order valence-corrected chi connectivity index (χ2v) is 6.71. The lowest BCUT2D eigenvalue weighted by atomic mass is 10.1. The number of benzene rings is 1. The van der Waals surface area contributed by atoms with E-state index in [1.165, 1.54) is 6.07 Å². The van der Waals surface area contributed by atoms with E-state index in [4.69, 9.17) is 4.74 Å². The van der Waals surface area contributed by atoms with Gasteiger partial charge in [-0.3, -0.25) is 9.89 Å². The molecule has 0 amide bonds. The van der Waals surface area contributed by atoms with Crippen LogP contribution in [-0.2, 0) is 11.2 Å². The first-order valence-electron chi connectivity index (χ1n) is 9.04. The highest BCUT2D eigenvalue weighted by Crippen LogP contribution is 2.11. The molecule has 2 atom stereocenters. The number of nitrogens with zero attached hydrogens (tertiary/aromatic N) is 2. The first kappa shape index (κ1) is 19.7. The molecule has 1 aliphatic rings. The Morgan fingerprint density at radius 3 is 2.92 bits per heavy atom. The summed E-state index contributed by atoms with van der Waals surface area (Å²) in [5.41, 5.74) is 2.14. The molecule has 1 saturated heterocycles. The summed E-state index contributed by atoms with van der Waals surface area (Å²) in [6, 6.07) is 5.80. The summed E-state index contributed by atoms with van der Waals surface area (Å²) >= 11 is 0. The summed E-state index contributed by atoms with van der Waals surface area (Å²) in [7, 11) is 1.78. The van der Waals surface area contributed by atoms with Gasteiger partial charge in [-0.2, -0.15) is 0 Å². The van der Waals surface area contributed by atoms with Crippen LogP contribution in [-0.4, -0.2) is 62.8 Å². The van der Waals surface area contributed by atoms with Crippen LogP contribution in [0.25, 0.3) is 0 Å². The molecule has 6 heteroatoms. The Bertz CT molecular complexity index is 579. The number of guanidine groups is 1. The Morgan fingerprint density at radius 2 is 2.24 bits per heavy atom. The SMILES string of the molecule is CN=C(NCCc1ccc(F)cc1C)NCC(C)N1CCOCC1C. The van der Waals surface area contributed by atoms with Crippen molar-refractivity contribution in [1.29, 1.82) is 0 Å². The van der Waals surface area contributed by atoms with Gasteiger partial charge in [0, 0.05) is 38.8 Å². The van der Waals surface area contributed by atoms with E-state index >= 15 is 0 Å². The lowest BCUT2D eigenvalue weighted by Gasteiger charge is -2.38. The van der Waals surface area contributed by atoms with Crippen LogP contribution in [0, 0.1) is 12.7 Å². The number of hydrogen-bond acceptors (Lipinski definition) is 3. The maximum Gasteiger partial charge on any atom is 0.191 e. The number of halogens is 1. The molecule has 0 aliphatic carbocycles. The zero-order valence-electron chi connectivity index (χ0n) is 15.8. The van der Waals surface area contributed by atoms with Crippen molar-refractivity contribution in [2.45, 2.75) is 39.3 Å². The molecule has 1 aromatic carbocycles. The van der Waals surface area contributed by atoms with E-state index in [-0.39, 0.29) is 5.82 Å². The van der Waals surface area contributed by atoms with Crippen molar-refractivity contribution in [3.05, 3.63) is 35.1 Å². The number of morpholine rings is 1. The number of aliphatic imine (C=N–C) groups is 1. The quantitative estimate of drug-likeness (QED) is 0.608. The molecule has 5 nitrogen and oxygen atoms in total. The van der Waals surface area contributed by atoms with Gasteiger partial charge < -0.3 is 15.4 Å². The first-order valence-corrected chi connectivity index (χ1v) is 9.04. The minimum absolute atomic E-state index is 0.182. The number of rotatable bonds is 6. The van der Waals surface area contributed by atoms with Gasteiger partial charge in [-0.05, 0) is 50.5 Å². The molecule has 0 bridgehead atoms. The van der Waals surface area contributed by atoms with Crippen LogP contribution in [0.15, 0.2) is 23.2 Å². The van der Waals surface area contributed by atoms with Crippen LogP contribution in [0.1, 0.15) is 25.0 Å². The van der Waals surface area contributed by atoms with Crippen molar-refractivity contribution >= 4 is 5.96 Å². The molecule has 0 saturated carbocycles. The normalized spacial score (nSPS) is 20.4. The molecule has 0 radical (unpaired) electrons. The van der Waals surface area contributed by atoms with Gasteiger partial charge in [-0.15, -0.1) is 0 Å².